The van der Waals surface area contributed by atoms with Crippen LogP contribution in [0.3, 0.4) is 0 Å². The number of methoxy groups -OCH3 is 1. The highest BCUT2D eigenvalue weighted by Gasteiger charge is 2.12. The molecule has 3 nitrogen and oxygen atoms in total. The summed E-state index contributed by atoms with van der Waals surface area (Å²) in [6.07, 6.45) is 0.403. The lowest BCUT2D eigenvalue weighted by atomic mass is 10.3. The molecule has 12 heavy (non-hydrogen) atoms. The molecule has 4 heteroatoms. The lowest BCUT2D eigenvalue weighted by molar-refractivity contribution is -0.139. The molecule has 0 unspecified atom stereocenters. The third-order valence-corrected chi connectivity index (χ3v) is 2.93. The normalized spacial score (nSPS) is 17.2. The highest BCUT2D eigenvalue weighted by atomic mass is 32.2. The number of hydrogen-bond donors (Lipinski definition) is 1. The van der Waals surface area contributed by atoms with Crippen LogP contribution in [-0.2, 0) is 9.53 Å². The van der Waals surface area contributed by atoms with Gasteiger partial charge in [-0.2, -0.15) is 0 Å². The van der Waals surface area contributed by atoms with Gasteiger partial charge in [-0.1, -0.05) is 0 Å². The number of nitrogens with one attached hydrogen (secondary N) is 1. The first-order valence-electron chi connectivity index (χ1n) is 3.87. The lowest BCUT2D eigenvalue weighted by Gasteiger charge is -2.18. The quantitative estimate of drug-likeness (QED) is 0.657. The summed E-state index contributed by atoms with van der Waals surface area (Å²) in [6.45, 7) is 2.98. The van der Waals surface area contributed by atoms with Crippen LogP contribution in [0.15, 0.2) is 10.6 Å². The van der Waals surface area contributed by atoms with E-state index in [-0.39, 0.29) is 5.97 Å². The minimum Gasteiger partial charge on any atom is -0.469 e. The third kappa shape index (κ3) is 2.44. The minimum absolute atomic E-state index is 0.166. The van der Waals surface area contributed by atoms with Gasteiger partial charge in [-0.25, -0.2) is 0 Å². The summed E-state index contributed by atoms with van der Waals surface area (Å²) >= 11 is 1.73. The van der Waals surface area contributed by atoms with Gasteiger partial charge in [0.25, 0.3) is 0 Å². The number of thioether (sulfide) groups is 1. The van der Waals surface area contributed by atoms with Crippen molar-refractivity contribution in [3.05, 3.63) is 10.6 Å². The van der Waals surface area contributed by atoms with E-state index in [1.165, 1.54) is 7.11 Å². The molecule has 0 saturated carbocycles. The summed E-state index contributed by atoms with van der Waals surface area (Å²) in [5, 5.41) is 3.21. The molecule has 0 bridgehead atoms. The van der Waals surface area contributed by atoms with Crippen LogP contribution in [0, 0.1) is 0 Å². The average Bonchev–Trinajstić information content (AvgIpc) is 2.09. The van der Waals surface area contributed by atoms with Gasteiger partial charge in [0, 0.05) is 22.9 Å². The van der Waals surface area contributed by atoms with Crippen molar-refractivity contribution in [2.45, 2.75) is 13.3 Å². The number of rotatable bonds is 2. The second-order valence-corrected chi connectivity index (χ2v) is 3.77. The predicted octanol–water partition coefficient (Wildman–Crippen LogP) is 1.12. The van der Waals surface area contributed by atoms with Gasteiger partial charge in [0.05, 0.1) is 13.5 Å². The smallest absolute Gasteiger partial charge is 0.310 e. The van der Waals surface area contributed by atoms with Crippen LogP contribution >= 0.6 is 11.8 Å². The number of ether oxygens (including phenoxy) is 1. The predicted molar refractivity (Wildman–Crippen MR) is 49.8 cm³/mol. The maximum absolute atomic E-state index is 10.9. The molecule has 0 saturated heterocycles. The SMILES string of the molecule is COC(=O)CC1=C(C)NCCS1. The molecule has 1 heterocycles. The number of allylic oxidation sites excluding steroid dienone is 1. The van der Waals surface area contributed by atoms with Gasteiger partial charge in [0.15, 0.2) is 0 Å². The number of hydrogen-bond acceptors (Lipinski definition) is 4. The Kier molecular flexibility index (Phi) is 3.47. The van der Waals surface area contributed by atoms with E-state index in [4.69, 9.17) is 0 Å². The molecule has 1 N–H and O–H groups in total. The Hall–Kier alpha value is -0.640. The van der Waals surface area contributed by atoms with Gasteiger partial charge in [-0.15, -0.1) is 11.8 Å². The largest absolute Gasteiger partial charge is 0.469 e. The van der Waals surface area contributed by atoms with Crippen molar-refractivity contribution in [1.29, 1.82) is 0 Å². The first-order valence-corrected chi connectivity index (χ1v) is 4.86. The molecule has 0 spiro atoms. The standard InChI is InChI=1S/C8H13NO2S/c1-6-7(5-8(10)11-2)12-4-3-9-6/h9H,3-5H2,1-2H3. The summed E-state index contributed by atoms with van der Waals surface area (Å²) in [4.78, 5) is 12.0. The molecule has 0 radical (unpaired) electrons. The molecule has 0 aromatic heterocycles. The van der Waals surface area contributed by atoms with E-state index in [2.05, 4.69) is 10.1 Å². The van der Waals surface area contributed by atoms with E-state index in [1.54, 1.807) is 11.8 Å². The molecule has 0 atom stereocenters. The van der Waals surface area contributed by atoms with E-state index in [1.807, 2.05) is 6.92 Å². The van der Waals surface area contributed by atoms with Gasteiger partial charge < -0.3 is 10.1 Å². The Balaban J connectivity index is 2.54. The molecular formula is C8H13NO2S. The van der Waals surface area contributed by atoms with Crippen LogP contribution in [0.5, 0.6) is 0 Å². The second-order valence-electron chi connectivity index (χ2n) is 2.58. The topological polar surface area (TPSA) is 38.3 Å². The van der Waals surface area contributed by atoms with Crippen molar-refractivity contribution >= 4 is 17.7 Å². The monoisotopic (exact) mass is 187 g/mol. The Labute approximate surface area is 76.5 Å². The van der Waals surface area contributed by atoms with Crippen LogP contribution in [-0.4, -0.2) is 25.4 Å². The van der Waals surface area contributed by atoms with Crippen molar-refractivity contribution in [3.63, 3.8) is 0 Å². The molecule has 1 aliphatic rings. The van der Waals surface area contributed by atoms with Gasteiger partial charge in [-0.3, -0.25) is 4.79 Å². The van der Waals surface area contributed by atoms with Crippen molar-refractivity contribution in [2.75, 3.05) is 19.4 Å². The van der Waals surface area contributed by atoms with Crippen LogP contribution in [0.1, 0.15) is 13.3 Å². The van der Waals surface area contributed by atoms with Gasteiger partial charge >= 0.3 is 5.97 Å². The fraction of sp³-hybridized carbons (Fsp3) is 0.625. The summed E-state index contributed by atoms with van der Waals surface area (Å²) in [5.74, 6) is 0.865. The molecule has 1 rings (SSSR count). The van der Waals surface area contributed by atoms with Gasteiger partial charge in [0.2, 0.25) is 0 Å². The van der Waals surface area contributed by atoms with Crippen molar-refractivity contribution in [2.24, 2.45) is 0 Å². The van der Waals surface area contributed by atoms with Gasteiger partial charge in [-0.05, 0) is 6.92 Å². The van der Waals surface area contributed by atoms with Crippen molar-refractivity contribution in [1.82, 2.24) is 5.32 Å². The summed E-state index contributed by atoms with van der Waals surface area (Å²) in [6, 6.07) is 0. The molecule has 0 aromatic carbocycles. The molecule has 0 amide bonds. The fourth-order valence-electron chi connectivity index (χ4n) is 1.01. The molecule has 1 aliphatic heterocycles. The minimum atomic E-state index is -0.166. The Bertz CT molecular complexity index is 213. The molecule has 0 aliphatic carbocycles. The van der Waals surface area contributed by atoms with Crippen molar-refractivity contribution < 1.29 is 9.53 Å². The van der Waals surface area contributed by atoms with E-state index < -0.39 is 0 Å². The molecule has 0 aromatic rings. The van der Waals surface area contributed by atoms with Crippen LogP contribution in [0.2, 0.25) is 0 Å². The van der Waals surface area contributed by atoms with E-state index in [0.717, 1.165) is 22.9 Å². The second kappa shape index (κ2) is 4.40. The molecule has 68 valence electrons. The zero-order chi connectivity index (χ0) is 8.97. The average molecular weight is 187 g/mol. The van der Waals surface area contributed by atoms with Crippen LogP contribution < -0.4 is 5.32 Å². The Morgan fingerprint density at radius 3 is 3.08 bits per heavy atom. The third-order valence-electron chi connectivity index (χ3n) is 1.72. The summed E-state index contributed by atoms with van der Waals surface area (Å²) in [5.41, 5.74) is 1.11. The van der Waals surface area contributed by atoms with Crippen molar-refractivity contribution in [3.8, 4) is 0 Å². The first kappa shape index (κ1) is 9.45. The number of carbonyl (C=O) groups is 1. The highest BCUT2D eigenvalue weighted by molar-refractivity contribution is 8.03. The summed E-state index contributed by atoms with van der Waals surface area (Å²) < 4.78 is 4.59. The Morgan fingerprint density at radius 2 is 2.50 bits per heavy atom. The van der Waals surface area contributed by atoms with E-state index in [9.17, 15) is 4.79 Å². The summed E-state index contributed by atoms with van der Waals surface area (Å²) in [7, 11) is 1.42. The maximum Gasteiger partial charge on any atom is 0.310 e. The fourth-order valence-corrected chi connectivity index (χ4v) is 1.97. The van der Waals surface area contributed by atoms with Crippen LogP contribution in [0.25, 0.3) is 0 Å². The van der Waals surface area contributed by atoms with Crippen LogP contribution in [0.4, 0.5) is 0 Å². The lowest BCUT2D eigenvalue weighted by Crippen LogP contribution is -2.21. The zero-order valence-electron chi connectivity index (χ0n) is 7.35. The van der Waals surface area contributed by atoms with E-state index in [0.29, 0.717) is 6.42 Å². The molecule has 0 fully saturated rings. The first-order chi connectivity index (χ1) is 5.74. The zero-order valence-corrected chi connectivity index (χ0v) is 8.16. The van der Waals surface area contributed by atoms with Gasteiger partial charge in [0.1, 0.15) is 0 Å². The Morgan fingerprint density at radius 1 is 1.75 bits per heavy atom. The highest BCUT2D eigenvalue weighted by Crippen LogP contribution is 2.25. The van der Waals surface area contributed by atoms with E-state index >= 15 is 0 Å². The number of carbonyl (C=O) groups excluding carboxylic acids is 1. The number of esters is 1. The molecular weight excluding hydrogens is 174 g/mol. The maximum atomic E-state index is 10.9.